The minimum absolute atomic E-state index is 0.0674. The van der Waals surface area contributed by atoms with Crippen LogP contribution < -0.4 is 5.32 Å². The lowest BCUT2D eigenvalue weighted by molar-refractivity contribution is -0.139. The van der Waals surface area contributed by atoms with E-state index in [0.29, 0.717) is 26.1 Å². The van der Waals surface area contributed by atoms with Gasteiger partial charge in [0.15, 0.2) is 0 Å². The Morgan fingerprint density at radius 1 is 1.43 bits per heavy atom. The SMILES string of the molecule is CCCOC1CCCN(C(=O)NC(CC(C)C)C(=O)O)C1. The Morgan fingerprint density at radius 3 is 2.71 bits per heavy atom. The molecule has 2 atom stereocenters. The minimum Gasteiger partial charge on any atom is -0.480 e. The zero-order valence-electron chi connectivity index (χ0n) is 13.3. The molecule has 122 valence electrons. The Morgan fingerprint density at radius 2 is 2.14 bits per heavy atom. The molecule has 1 aliphatic rings. The van der Waals surface area contributed by atoms with Gasteiger partial charge < -0.3 is 20.1 Å². The van der Waals surface area contributed by atoms with Crippen LogP contribution in [0.4, 0.5) is 4.79 Å². The number of nitrogens with zero attached hydrogens (tertiary/aromatic N) is 1. The second kappa shape index (κ2) is 8.87. The van der Waals surface area contributed by atoms with Crippen molar-refractivity contribution >= 4 is 12.0 Å². The van der Waals surface area contributed by atoms with Crippen LogP contribution >= 0.6 is 0 Å². The molecule has 0 aromatic rings. The monoisotopic (exact) mass is 300 g/mol. The summed E-state index contributed by atoms with van der Waals surface area (Å²) in [5, 5.41) is 11.8. The van der Waals surface area contributed by atoms with Crippen LogP contribution in [0.3, 0.4) is 0 Å². The molecule has 0 aromatic heterocycles. The summed E-state index contributed by atoms with van der Waals surface area (Å²) in [5.74, 6) is -0.763. The van der Waals surface area contributed by atoms with Gasteiger partial charge in [-0.15, -0.1) is 0 Å². The average molecular weight is 300 g/mol. The van der Waals surface area contributed by atoms with Gasteiger partial charge in [0.05, 0.1) is 6.10 Å². The fourth-order valence-corrected chi connectivity index (χ4v) is 2.48. The quantitative estimate of drug-likeness (QED) is 0.754. The van der Waals surface area contributed by atoms with Gasteiger partial charge in [0, 0.05) is 19.7 Å². The van der Waals surface area contributed by atoms with Gasteiger partial charge in [-0.05, 0) is 31.6 Å². The first-order valence-corrected chi connectivity index (χ1v) is 7.83. The van der Waals surface area contributed by atoms with Gasteiger partial charge in [0.25, 0.3) is 0 Å². The van der Waals surface area contributed by atoms with Crippen LogP contribution in [0.25, 0.3) is 0 Å². The van der Waals surface area contributed by atoms with Crippen molar-refractivity contribution in [3.8, 4) is 0 Å². The first-order valence-electron chi connectivity index (χ1n) is 7.83. The molecule has 0 spiro atoms. The highest BCUT2D eigenvalue weighted by molar-refractivity contribution is 5.82. The zero-order valence-corrected chi connectivity index (χ0v) is 13.3. The number of piperidine rings is 1. The summed E-state index contributed by atoms with van der Waals surface area (Å²) in [7, 11) is 0. The molecule has 1 saturated heterocycles. The number of ether oxygens (including phenoxy) is 1. The Balaban J connectivity index is 2.50. The van der Waals surface area contributed by atoms with E-state index in [0.717, 1.165) is 19.3 Å². The number of carboxylic acid groups (broad SMARTS) is 1. The van der Waals surface area contributed by atoms with Crippen molar-refractivity contribution in [3.05, 3.63) is 0 Å². The second-order valence-corrected chi connectivity index (χ2v) is 6.05. The van der Waals surface area contributed by atoms with E-state index in [1.165, 1.54) is 0 Å². The molecule has 0 radical (unpaired) electrons. The van der Waals surface area contributed by atoms with Crippen LogP contribution in [0.15, 0.2) is 0 Å². The highest BCUT2D eigenvalue weighted by Crippen LogP contribution is 2.14. The number of aliphatic carboxylic acids is 1. The molecule has 0 bridgehead atoms. The predicted molar refractivity (Wildman–Crippen MR) is 80.2 cm³/mol. The van der Waals surface area contributed by atoms with E-state index in [1.807, 2.05) is 13.8 Å². The van der Waals surface area contributed by atoms with Crippen molar-refractivity contribution < 1.29 is 19.4 Å². The number of nitrogens with one attached hydrogen (secondary N) is 1. The predicted octanol–water partition coefficient (Wildman–Crippen LogP) is 2.09. The topological polar surface area (TPSA) is 78.9 Å². The number of rotatable bonds is 7. The molecule has 1 fully saturated rings. The maximum absolute atomic E-state index is 12.2. The molecular formula is C15H28N2O4. The number of carboxylic acids is 1. The summed E-state index contributed by atoms with van der Waals surface area (Å²) >= 11 is 0. The number of carbonyl (C=O) groups excluding carboxylic acids is 1. The van der Waals surface area contributed by atoms with Gasteiger partial charge >= 0.3 is 12.0 Å². The molecule has 21 heavy (non-hydrogen) atoms. The zero-order chi connectivity index (χ0) is 15.8. The molecule has 0 saturated carbocycles. The molecule has 1 rings (SSSR count). The van der Waals surface area contributed by atoms with Crippen molar-refractivity contribution in [2.45, 2.75) is 58.6 Å². The average Bonchev–Trinajstić information content (AvgIpc) is 2.44. The molecule has 1 heterocycles. The number of carbonyl (C=O) groups is 2. The molecular weight excluding hydrogens is 272 g/mol. The highest BCUT2D eigenvalue weighted by Gasteiger charge is 2.27. The third kappa shape index (κ3) is 6.33. The van der Waals surface area contributed by atoms with Crippen molar-refractivity contribution in [1.82, 2.24) is 10.2 Å². The maximum Gasteiger partial charge on any atom is 0.326 e. The van der Waals surface area contributed by atoms with Gasteiger partial charge in [0.2, 0.25) is 0 Å². The molecule has 1 aliphatic heterocycles. The van der Waals surface area contributed by atoms with Crippen LogP contribution in [0, 0.1) is 5.92 Å². The first kappa shape index (κ1) is 17.8. The van der Waals surface area contributed by atoms with E-state index in [9.17, 15) is 14.7 Å². The molecule has 0 aromatic carbocycles. The summed E-state index contributed by atoms with van der Waals surface area (Å²) in [4.78, 5) is 25.1. The minimum atomic E-state index is -0.979. The fraction of sp³-hybridized carbons (Fsp3) is 0.867. The first-order chi connectivity index (χ1) is 9.93. The van der Waals surface area contributed by atoms with E-state index < -0.39 is 12.0 Å². The van der Waals surface area contributed by atoms with Gasteiger partial charge in [-0.1, -0.05) is 20.8 Å². The maximum atomic E-state index is 12.2. The van der Waals surface area contributed by atoms with Crippen molar-refractivity contribution in [2.75, 3.05) is 19.7 Å². The van der Waals surface area contributed by atoms with E-state index in [2.05, 4.69) is 12.2 Å². The van der Waals surface area contributed by atoms with Gasteiger partial charge in [-0.3, -0.25) is 0 Å². The molecule has 0 aliphatic carbocycles. The Bertz CT molecular complexity index is 347. The van der Waals surface area contributed by atoms with Crippen molar-refractivity contribution in [1.29, 1.82) is 0 Å². The van der Waals surface area contributed by atoms with Gasteiger partial charge in [-0.25, -0.2) is 9.59 Å². The summed E-state index contributed by atoms with van der Waals surface area (Å²) < 4.78 is 5.69. The summed E-state index contributed by atoms with van der Waals surface area (Å²) in [6.45, 7) is 7.84. The summed E-state index contributed by atoms with van der Waals surface area (Å²) in [6.07, 6.45) is 3.31. The van der Waals surface area contributed by atoms with Gasteiger partial charge in [-0.2, -0.15) is 0 Å². The lowest BCUT2D eigenvalue weighted by Crippen LogP contribution is -2.52. The Kier molecular flexibility index (Phi) is 7.50. The van der Waals surface area contributed by atoms with E-state index in [-0.39, 0.29) is 18.1 Å². The van der Waals surface area contributed by atoms with E-state index in [4.69, 9.17) is 4.74 Å². The molecule has 2 N–H and O–H groups in total. The Hall–Kier alpha value is -1.30. The number of hydrogen-bond donors (Lipinski definition) is 2. The van der Waals surface area contributed by atoms with E-state index >= 15 is 0 Å². The van der Waals surface area contributed by atoms with Crippen molar-refractivity contribution in [3.63, 3.8) is 0 Å². The van der Waals surface area contributed by atoms with Crippen LogP contribution in [-0.4, -0.2) is 53.8 Å². The third-order valence-electron chi connectivity index (χ3n) is 3.53. The second-order valence-electron chi connectivity index (χ2n) is 6.05. The van der Waals surface area contributed by atoms with Gasteiger partial charge in [0.1, 0.15) is 6.04 Å². The lowest BCUT2D eigenvalue weighted by atomic mass is 10.0. The van der Waals surface area contributed by atoms with Crippen LogP contribution in [0.2, 0.25) is 0 Å². The number of urea groups is 1. The number of amides is 2. The van der Waals surface area contributed by atoms with Crippen LogP contribution in [0.5, 0.6) is 0 Å². The van der Waals surface area contributed by atoms with E-state index in [1.54, 1.807) is 4.90 Å². The molecule has 2 unspecified atom stereocenters. The smallest absolute Gasteiger partial charge is 0.326 e. The normalized spacial score (nSPS) is 20.4. The van der Waals surface area contributed by atoms with Crippen LogP contribution in [-0.2, 0) is 9.53 Å². The highest BCUT2D eigenvalue weighted by atomic mass is 16.5. The summed E-state index contributed by atoms with van der Waals surface area (Å²) in [5.41, 5.74) is 0. The Labute approximate surface area is 126 Å². The summed E-state index contributed by atoms with van der Waals surface area (Å²) in [6, 6.07) is -1.12. The standard InChI is InChI=1S/C15H28N2O4/c1-4-8-21-12-6-5-7-17(10-12)15(20)16-13(14(18)19)9-11(2)3/h11-13H,4-10H2,1-3H3,(H,16,20)(H,18,19). The van der Waals surface area contributed by atoms with Crippen molar-refractivity contribution in [2.24, 2.45) is 5.92 Å². The third-order valence-corrected chi connectivity index (χ3v) is 3.53. The number of hydrogen-bond acceptors (Lipinski definition) is 3. The number of likely N-dealkylation sites (tertiary alicyclic amines) is 1. The largest absolute Gasteiger partial charge is 0.480 e. The molecule has 6 heteroatoms. The fourth-order valence-electron chi connectivity index (χ4n) is 2.48. The van der Waals surface area contributed by atoms with Crippen LogP contribution in [0.1, 0.15) is 46.5 Å². The lowest BCUT2D eigenvalue weighted by Gasteiger charge is -2.33. The molecule has 6 nitrogen and oxygen atoms in total. The molecule has 2 amide bonds.